The van der Waals surface area contributed by atoms with E-state index in [1.165, 1.54) is 13.2 Å². The van der Waals surface area contributed by atoms with Crippen molar-refractivity contribution >= 4 is 17.5 Å². The second-order valence-electron chi connectivity index (χ2n) is 6.51. The topological polar surface area (TPSA) is 100 Å². The van der Waals surface area contributed by atoms with E-state index in [9.17, 15) is 27.6 Å². The fraction of sp³-hybridized carbons (Fsp3) is 0.316. The Bertz CT molecular complexity index is 954. The average molecular weight is 411 g/mol. The van der Waals surface area contributed by atoms with E-state index in [1.807, 2.05) is 4.98 Å². The van der Waals surface area contributed by atoms with Crippen LogP contribution in [-0.4, -0.2) is 29.9 Å². The summed E-state index contributed by atoms with van der Waals surface area (Å²) >= 11 is 0. The van der Waals surface area contributed by atoms with Crippen molar-refractivity contribution in [3.8, 4) is 5.75 Å². The molecule has 2 rings (SSSR count). The highest BCUT2D eigenvalue weighted by Crippen LogP contribution is 2.29. The Labute approximate surface area is 164 Å². The molecular weight excluding hydrogens is 391 g/mol. The zero-order chi connectivity index (χ0) is 21.8. The fourth-order valence-electron chi connectivity index (χ4n) is 2.54. The Morgan fingerprint density at radius 3 is 2.41 bits per heavy atom. The number of methoxy groups -OCH3 is 1. The highest BCUT2D eigenvalue weighted by molar-refractivity contribution is 6.02. The molecule has 0 bridgehead atoms. The molecule has 0 aliphatic rings. The highest BCUT2D eigenvalue weighted by atomic mass is 19.4. The predicted octanol–water partition coefficient (Wildman–Crippen LogP) is 2.80. The van der Waals surface area contributed by atoms with Gasteiger partial charge in [-0.3, -0.25) is 14.4 Å². The van der Waals surface area contributed by atoms with Crippen LogP contribution in [0.3, 0.4) is 0 Å². The molecule has 1 heterocycles. The minimum Gasteiger partial charge on any atom is -0.496 e. The Morgan fingerprint density at radius 1 is 1.17 bits per heavy atom. The van der Waals surface area contributed by atoms with E-state index in [2.05, 4.69) is 10.6 Å². The number of pyridine rings is 1. The number of alkyl halides is 3. The first-order valence-electron chi connectivity index (χ1n) is 8.59. The summed E-state index contributed by atoms with van der Waals surface area (Å²) in [7, 11) is 1.39. The number of anilines is 1. The summed E-state index contributed by atoms with van der Waals surface area (Å²) in [5, 5.41) is 4.69. The number of carbonyl (C=O) groups excluding carboxylic acids is 2. The second-order valence-corrected chi connectivity index (χ2v) is 6.51. The predicted molar refractivity (Wildman–Crippen MR) is 99.8 cm³/mol. The molecule has 1 unspecified atom stereocenters. The van der Waals surface area contributed by atoms with Crippen LogP contribution >= 0.6 is 0 Å². The standard InChI is InChI=1S/C19H20F3N3O4/c1-10(2)15(25-16(26)12-6-4-5-7-14(12)29-3)18(28)24-13-8-11(19(20,21)22)9-23-17(13)27/h4-10,15H,1-3H3,(H,23,27)(H,24,28)(H,25,26). The number of amides is 2. The van der Waals surface area contributed by atoms with E-state index < -0.39 is 46.8 Å². The van der Waals surface area contributed by atoms with Gasteiger partial charge in [-0.05, 0) is 24.1 Å². The van der Waals surface area contributed by atoms with Gasteiger partial charge in [0.1, 0.15) is 17.5 Å². The number of rotatable bonds is 6. The molecule has 0 fully saturated rings. The van der Waals surface area contributed by atoms with Gasteiger partial charge in [-0.15, -0.1) is 0 Å². The van der Waals surface area contributed by atoms with Crippen molar-refractivity contribution in [1.29, 1.82) is 0 Å². The molecule has 0 aliphatic heterocycles. The number of para-hydroxylation sites is 1. The minimum absolute atomic E-state index is 0.186. The van der Waals surface area contributed by atoms with Crippen LogP contribution in [0.1, 0.15) is 29.8 Å². The zero-order valence-electron chi connectivity index (χ0n) is 15.9. The lowest BCUT2D eigenvalue weighted by Gasteiger charge is -2.22. The number of hydrogen-bond acceptors (Lipinski definition) is 4. The van der Waals surface area contributed by atoms with Crippen LogP contribution in [0.25, 0.3) is 0 Å². The number of benzene rings is 1. The zero-order valence-corrected chi connectivity index (χ0v) is 15.9. The van der Waals surface area contributed by atoms with Gasteiger partial charge < -0.3 is 20.4 Å². The van der Waals surface area contributed by atoms with Gasteiger partial charge in [0.15, 0.2) is 0 Å². The molecule has 0 spiro atoms. The van der Waals surface area contributed by atoms with Crippen LogP contribution in [-0.2, 0) is 11.0 Å². The Hall–Kier alpha value is -3.30. The van der Waals surface area contributed by atoms with Crippen molar-refractivity contribution in [3.63, 3.8) is 0 Å². The van der Waals surface area contributed by atoms with E-state index in [-0.39, 0.29) is 5.56 Å². The van der Waals surface area contributed by atoms with E-state index in [0.717, 1.165) is 0 Å². The van der Waals surface area contributed by atoms with E-state index >= 15 is 0 Å². The number of nitrogens with one attached hydrogen (secondary N) is 3. The summed E-state index contributed by atoms with van der Waals surface area (Å²) in [6.07, 6.45) is -4.18. The third kappa shape index (κ3) is 5.37. The molecule has 156 valence electrons. The van der Waals surface area contributed by atoms with Crippen molar-refractivity contribution < 1.29 is 27.5 Å². The summed E-state index contributed by atoms with van der Waals surface area (Å²) in [5.41, 5.74) is -2.40. The fourth-order valence-corrected chi connectivity index (χ4v) is 2.54. The van der Waals surface area contributed by atoms with Crippen LogP contribution < -0.4 is 20.9 Å². The number of H-pyrrole nitrogens is 1. The third-order valence-corrected chi connectivity index (χ3v) is 4.08. The molecule has 0 saturated heterocycles. The van der Waals surface area contributed by atoms with Crippen LogP contribution in [0, 0.1) is 5.92 Å². The highest BCUT2D eigenvalue weighted by Gasteiger charge is 2.32. The number of halogens is 3. The molecule has 2 amide bonds. The molecule has 7 nitrogen and oxygen atoms in total. The van der Waals surface area contributed by atoms with Gasteiger partial charge >= 0.3 is 6.18 Å². The molecule has 1 atom stereocenters. The van der Waals surface area contributed by atoms with Crippen LogP contribution in [0.5, 0.6) is 5.75 Å². The molecule has 2 aromatic rings. The van der Waals surface area contributed by atoms with Gasteiger partial charge in [0, 0.05) is 6.20 Å². The lowest BCUT2D eigenvalue weighted by atomic mass is 10.0. The van der Waals surface area contributed by atoms with Crippen molar-refractivity contribution in [2.45, 2.75) is 26.1 Å². The smallest absolute Gasteiger partial charge is 0.417 e. The Kier molecular flexibility index (Phi) is 6.68. The lowest BCUT2D eigenvalue weighted by Crippen LogP contribution is -2.47. The maximum Gasteiger partial charge on any atom is 0.417 e. The van der Waals surface area contributed by atoms with Crippen molar-refractivity contribution in [3.05, 3.63) is 58.0 Å². The van der Waals surface area contributed by atoms with E-state index in [0.29, 0.717) is 18.0 Å². The second kappa shape index (κ2) is 8.80. The Morgan fingerprint density at radius 2 is 1.83 bits per heavy atom. The number of aromatic nitrogens is 1. The monoisotopic (exact) mass is 411 g/mol. The molecule has 0 saturated carbocycles. The molecule has 3 N–H and O–H groups in total. The first-order valence-corrected chi connectivity index (χ1v) is 8.59. The normalized spacial score (nSPS) is 12.4. The Balaban J connectivity index is 2.25. The van der Waals surface area contributed by atoms with Gasteiger partial charge in [0.05, 0.1) is 18.2 Å². The van der Waals surface area contributed by atoms with E-state index in [1.54, 1.807) is 32.0 Å². The SMILES string of the molecule is COc1ccccc1C(=O)NC(C(=O)Nc1cc(C(F)(F)F)c[nH]c1=O)C(C)C. The number of hydrogen-bond donors (Lipinski definition) is 3. The maximum absolute atomic E-state index is 12.9. The quantitative estimate of drug-likeness (QED) is 0.681. The van der Waals surface area contributed by atoms with Crippen molar-refractivity contribution in [1.82, 2.24) is 10.3 Å². The average Bonchev–Trinajstić information content (AvgIpc) is 2.66. The first-order chi connectivity index (χ1) is 13.5. The minimum atomic E-state index is -4.70. The summed E-state index contributed by atoms with van der Waals surface area (Å²) in [5.74, 6) is -1.55. The number of carbonyl (C=O) groups is 2. The summed E-state index contributed by atoms with van der Waals surface area (Å²) < 4.78 is 43.7. The van der Waals surface area contributed by atoms with E-state index in [4.69, 9.17) is 4.74 Å². The third-order valence-electron chi connectivity index (χ3n) is 4.08. The first kappa shape index (κ1) is 22.0. The van der Waals surface area contributed by atoms with Crippen molar-refractivity contribution in [2.24, 2.45) is 5.92 Å². The van der Waals surface area contributed by atoms with Crippen LogP contribution in [0.4, 0.5) is 18.9 Å². The molecule has 0 radical (unpaired) electrons. The summed E-state index contributed by atoms with van der Waals surface area (Å²) in [6, 6.07) is 5.78. The summed E-state index contributed by atoms with van der Waals surface area (Å²) in [4.78, 5) is 38.9. The summed E-state index contributed by atoms with van der Waals surface area (Å²) in [6.45, 7) is 3.28. The lowest BCUT2D eigenvalue weighted by molar-refractivity contribution is -0.137. The van der Waals surface area contributed by atoms with Crippen LogP contribution in [0.15, 0.2) is 41.3 Å². The van der Waals surface area contributed by atoms with Gasteiger partial charge in [0.25, 0.3) is 11.5 Å². The van der Waals surface area contributed by atoms with Crippen LogP contribution in [0.2, 0.25) is 0 Å². The molecule has 10 heteroatoms. The molecule has 1 aromatic carbocycles. The van der Waals surface area contributed by atoms with Gasteiger partial charge in [-0.25, -0.2) is 0 Å². The van der Waals surface area contributed by atoms with Gasteiger partial charge in [-0.1, -0.05) is 26.0 Å². The largest absolute Gasteiger partial charge is 0.496 e. The molecule has 1 aromatic heterocycles. The number of aromatic amines is 1. The van der Waals surface area contributed by atoms with Gasteiger partial charge in [0.2, 0.25) is 5.91 Å². The van der Waals surface area contributed by atoms with Crippen molar-refractivity contribution in [2.75, 3.05) is 12.4 Å². The maximum atomic E-state index is 12.9. The molecule has 29 heavy (non-hydrogen) atoms. The number of ether oxygens (including phenoxy) is 1. The van der Waals surface area contributed by atoms with Gasteiger partial charge in [-0.2, -0.15) is 13.2 Å². The molecular formula is C19H20F3N3O4. The molecule has 0 aliphatic carbocycles.